The molecule has 1 heterocycles. The molecule has 0 aliphatic heterocycles. The van der Waals surface area contributed by atoms with Crippen LogP contribution in [0.5, 0.6) is 0 Å². The number of benzene rings is 8. The van der Waals surface area contributed by atoms with Crippen molar-refractivity contribution in [2.45, 2.75) is 19.3 Å². The third kappa shape index (κ3) is 3.55. The first-order valence-corrected chi connectivity index (χ1v) is 16.9. The van der Waals surface area contributed by atoms with Crippen molar-refractivity contribution in [3.63, 3.8) is 0 Å². The van der Waals surface area contributed by atoms with E-state index in [1.54, 1.807) is 0 Å². The zero-order valence-electron chi connectivity index (χ0n) is 25.8. The maximum atomic E-state index is 2.49. The van der Waals surface area contributed by atoms with Crippen molar-refractivity contribution >= 4 is 63.8 Å². The number of hydrogen-bond acceptors (Lipinski definition) is 1. The molecule has 0 saturated carbocycles. The molecule has 1 aromatic heterocycles. The summed E-state index contributed by atoms with van der Waals surface area (Å²) in [6.45, 7) is 4.80. The summed E-state index contributed by atoms with van der Waals surface area (Å²) in [7, 11) is 0. The van der Waals surface area contributed by atoms with Gasteiger partial charge in [-0.3, -0.25) is 0 Å². The fourth-order valence-corrected chi connectivity index (χ4v) is 9.39. The third-order valence-electron chi connectivity index (χ3n) is 10.4. The fraction of sp³-hybridized carbons (Fsp3) is 0.0667. The Balaban J connectivity index is 1.14. The summed E-state index contributed by atoms with van der Waals surface area (Å²) >= 11 is 1.90. The molecule has 46 heavy (non-hydrogen) atoms. The van der Waals surface area contributed by atoms with Crippen molar-refractivity contribution in [3.05, 3.63) is 157 Å². The molecule has 0 nitrogen and oxygen atoms in total. The summed E-state index contributed by atoms with van der Waals surface area (Å²) in [6, 6.07) is 54.5. The molecule has 216 valence electrons. The zero-order valence-corrected chi connectivity index (χ0v) is 26.6. The van der Waals surface area contributed by atoms with Crippen LogP contribution in [0, 0.1) is 0 Å². The Hall–Kier alpha value is -5.24. The quantitative estimate of drug-likeness (QED) is 0.173. The van der Waals surface area contributed by atoms with Gasteiger partial charge in [0.1, 0.15) is 0 Å². The maximum absolute atomic E-state index is 2.49. The Kier molecular flexibility index (Phi) is 5.31. The second-order valence-corrected chi connectivity index (χ2v) is 14.3. The molecule has 9 aromatic rings. The van der Waals surface area contributed by atoms with Gasteiger partial charge in [-0.2, -0.15) is 0 Å². The molecule has 1 aliphatic rings. The van der Waals surface area contributed by atoms with Crippen LogP contribution in [0.25, 0.3) is 85.9 Å². The Labute approximate surface area is 272 Å². The largest absolute Gasteiger partial charge is 0.135 e. The van der Waals surface area contributed by atoms with Gasteiger partial charge in [0.2, 0.25) is 0 Å². The van der Waals surface area contributed by atoms with E-state index >= 15 is 0 Å². The van der Waals surface area contributed by atoms with E-state index in [0.717, 1.165) is 0 Å². The van der Waals surface area contributed by atoms with Crippen LogP contribution in [0.4, 0.5) is 0 Å². The van der Waals surface area contributed by atoms with E-state index in [1.165, 1.54) is 97.0 Å². The van der Waals surface area contributed by atoms with E-state index in [2.05, 4.69) is 159 Å². The zero-order chi connectivity index (χ0) is 30.6. The van der Waals surface area contributed by atoms with E-state index in [9.17, 15) is 0 Å². The van der Waals surface area contributed by atoms with Crippen LogP contribution in [0.15, 0.2) is 146 Å². The topological polar surface area (TPSA) is 0 Å². The average Bonchev–Trinajstić information content (AvgIpc) is 3.59. The standard InChI is InChI=1S/C45H30S/c1-45(2)41-24-28(27-11-9-12-29(23-27)30-18-10-19-37-36-17-7-8-20-43(36)46-44(30)37)21-22-35(41)40-25-38-33-15-5-3-13-31(33)32-14-4-6-16-34(32)39(38)26-42(40)45/h3-26H,1-2H3. The van der Waals surface area contributed by atoms with E-state index in [4.69, 9.17) is 0 Å². The predicted molar refractivity (Wildman–Crippen MR) is 200 cm³/mol. The summed E-state index contributed by atoms with van der Waals surface area (Å²) in [4.78, 5) is 0. The molecule has 0 spiro atoms. The van der Waals surface area contributed by atoms with Gasteiger partial charge in [-0.1, -0.05) is 129 Å². The fourth-order valence-electron chi connectivity index (χ4n) is 8.15. The van der Waals surface area contributed by atoms with Crippen molar-refractivity contribution in [3.8, 4) is 33.4 Å². The van der Waals surface area contributed by atoms with Gasteiger partial charge in [0.15, 0.2) is 0 Å². The van der Waals surface area contributed by atoms with Gasteiger partial charge in [0, 0.05) is 25.6 Å². The molecule has 0 amide bonds. The minimum absolute atomic E-state index is 0.109. The van der Waals surface area contributed by atoms with Crippen LogP contribution in [0.3, 0.4) is 0 Å². The summed E-state index contributed by atoms with van der Waals surface area (Å²) < 4.78 is 2.70. The summed E-state index contributed by atoms with van der Waals surface area (Å²) in [5.41, 5.74) is 10.5. The van der Waals surface area contributed by atoms with Crippen molar-refractivity contribution < 1.29 is 0 Å². The second-order valence-electron chi connectivity index (χ2n) is 13.3. The number of hydrogen-bond donors (Lipinski definition) is 0. The Morgan fingerprint density at radius 2 is 0.935 bits per heavy atom. The molecular weight excluding hydrogens is 573 g/mol. The van der Waals surface area contributed by atoms with Crippen LogP contribution >= 0.6 is 11.3 Å². The highest BCUT2D eigenvalue weighted by Crippen LogP contribution is 2.52. The summed E-state index contributed by atoms with van der Waals surface area (Å²) in [6.07, 6.45) is 0. The van der Waals surface area contributed by atoms with E-state index in [1.807, 2.05) is 11.3 Å². The smallest absolute Gasteiger partial charge is 0.0433 e. The van der Waals surface area contributed by atoms with Gasteiger partial charge in [-0.15, -0.1) is 11.3 Å². The highest BCUT2D eigenvalue weighted by atomic mass is 32.1. The molecule has 0 unspecified atom stereocenters. The first kappa shape index (κ1) is 26.0. The maximum Gasteiger partial charge on any atom is 0.0433 e. The van der Waals surface area contributed by atoms with Crippen LogP contribution in [0.2, 0.25) is 0 Å². The lowest BCUT2D eigenvalue weighted by atomic mass is 9.80. The van der Waals surface area contributed by atoms with E-state index in [0.29, 0.717) is 0 Å². The third-order valence-corrected chi connectivity index (χ3v) is 11.7. The summed E-state index contributed by atoms with van der Waals surface area (Å²) in [5.74, 6) is 0. The van der Waals surface area contributed by atoms with Crippen LogP contribution in [-0.4, -0.2) is 0 Å². The predicted octanol–water partition coefficient (Wildman–Crippen LogP) is 13.2. The van der Waals surface area contributed by atoms with Gasteiger partial charge in [-0.05, 0) is 107 Å². The SMILES string of the molecule is CC1(C)c2cc(-c3cccc(-c4cccc5c4sc4ccccc45)c3)ccc2-c2cc3c4ccccc4c4ccccc4c3cc21. The number of thiophene rings is 1. The Bertz CT molecular complexity index is 2720. The molecule has 1 heteroatoms. The molecule has 1 aliphatic carbocycles. The molecule has 0 atom stereocenters. The first-order valence-electron chi connectivity index (χ1n) is 16.1. The molecule has 0 radical (unpaired) electrons. The average molecular weight is 603 g/mol. The minimum Gasteiger partial charge on any atom is -0.135 e. The molecule has 0 N–H and O–H groups in total. The lowest BCUT2D eigenvalue weighted by Gasteiger charge is -2.23. The van der Waals surface area contributed by atoms with Crippen molar-refractivity contribution in [2.75, 3.05) is 0 Å². The minimum atomic E-state index is -0.109. The van der Waals surface area contributed by atoms with Crippen molar-refractivity contribution in [2.24, 2.45) is 0 Å². The van der Waals surface area contributed by atoms with E-state index < -0.39 is 0 Å². The van der Waals surface area contributed by atoms with Gasteiger partial charge >= 0.3 is 0 Å². The van der Waals surface area contributed by atoms with Crippen LogP contribution in [0.1, 0.15) is 25.0 Å². The number of rotatable bonds is 2. The van der Waals surface area contributed by atoms with Crippen molar-refractivity contribution in [1.82, 2.24) is 0 Å². The lowest BCUT2D eigenvalue weighted by Crippen LogP contribution is -2.15. The Morgan fingerprint density at radius 1 is 0.370 bits per heavy atom. The molecule has 10 rings (SSSR count). The van der Waals surface area contributed by atoms with Crippen LogP contribution < -0.4 is 0 Å². The molecule has 0 bridgehead atoms. The molecule has 8 aromatic carbocycles. The van der Waals surface area contributed by atoms with Gasteiger partial charge in [0.05, 0.1) is 0 Å². The van der Waals surface area contributed by atoms with Crippen LogP contribution in [-0.2, 0) is 5.41 Å². The summed E-state index contributed by atoms with van der Waals surface area (Å²) in [5, 5.41) is 10.7. The lowest BCUT2D eigenvalue weighted by molar-refractivity contribution is 0.661. The normalized spacial score (nSPS) is 13.6. The molecule has 0 fully saturated rings. The van der Waals surface area contributed by atoms with Gasteiger partial charge < -0.3 is 0 Å². The number of fused-ring (bicyclic) bond motifs is 12. The molecular formula is C45H30S. The van der Waals surface area contributed by atoms with E-state index in [-0.39, 0.29) is 5.41 Å². The highest BCUT2D eigenvalue weighted by molar-refractivity contribution is 7.26. The second kappa shape index (κ2) is 9.39. The highest BCUT2D eigenvalue weighted by Gasteiger charge is 2.36. The Morgan fingerprint density at radius 3 is 1.70 bits per heavy atom. The van der Waals surface area contributed by atoms with Gasteiger partial charge in [0.25, 0.3) is 0 Å². The van der Waals surface area contributed by atoms with Crippen molar-refractivity contribution in [1.29, 1.82) is 0 Å². The first-order chi connectivity index (χ1) is 22.6. The monoisotopic (exact) mass is 602 g/mol. The van der Waals surface area contributed by atoms with Gasteiger partial charge in [-0.25, -0.2) is 0 Å². The molecule has 0 saturated heterocycles.